The van der Waals surface area contributed by atoms with Gasteiger partial charge < -0.3 is 9.88 Å². The molecule has 0 radical (unpaired) electrons. The molecule has 1 fully saturated rings. The molecule has 1 aromatic heterocycles. The minimum atomic E-state index is 0.530. The van der Waals surface area contributed by atoms with Gasteiger partial charge >= 0.3 is 0 Å². The van der Waals surface area contributed by atoms with Gasteiger partial charge in [-0.2, -0.15) is 0 Å². The van der Waals surface area contributed by atoms with Crippen LogP contribution in [0.1, 0.15) is 24.6 Å². The van der Waals surface area contributed by atoms with Crippen LogP contribution in [0.3, 0.4) is 0 Å². The zero-order valence-electron chi connectivity index (χ0n) is 9.95. The summed E-state index contributed by atoms with van der Waals surface area (Å²) in [4.78, 5) is 4.49. The maximum atomic E-state index is 6.17. The maximum absolute atomic E-state index is 6.17. The molecule has 0 unspecified atom stereocenters. The van der Waals surface area contributed by atoms with E-state index in [0.29, 0.717) is 16.1 Å². The van der Waals surface area contributed by atoms with Gasteiger partial charge in [-0.3, -0.25) is 0 Å². The third-order valence-corrected chi connectivity index (χ3v) is 3.81. The highest BCUT2D eigenvalue weighted by molar-refractivity contribution is 6.43. The van der Waals surface area contributed by atoms with Gasteiger partial charge in [-0.05, 0) is 31.9 Å². The third kappa shape index (κ3) is 2.20. The molecule has 0 spiro atoms. The average Bonchev–Trinajstić information content (AvgIpc) is 3.10. The van der Waals surface area contributed by atoms with E-state index < -0.39 is 0 Å². The van der Waals surface area contributed by atoms with Crippen LogP contribution in [-0.4, -0.2) is 9.55 Å². The predicted octanol–water partition coefficient (Wildman–Crippen LogP) is 4.58. The smallest absolute Gasteiger partial charge is 0.207 e. The van der Waals surface area contributed by atoms with E-state index in [1.54, 1.807) is 6.07 Å². The molecule has 1 aromatic carbocycles. The highest BCUT2D eigenvalue weighted by atomic mass is 35.5. The molecule has 2 aromatic rings. The van der Waals surface area contributed by atoms with Crippen LogP contribution in [0.5, 0.6) is 0 Å². The van der Waals surface area contributed by atoms with Gasteiger partial charge in [0.25, 0.3) is 0 Å². The Morgan fingerprint density at radius 3 is 2.83 bits per heavy atom. The molecular weight excluding hydrogens is 269 g/mol. The lowest BCUT2D eigenvalue weighted by atomic mass is 10.3. The average molecular weight is 282 g/mol. The van der Waals surface area contributed by atoms with Crippen LogP contribution in [0.25, 0.3) is 0 Å². The Balaban J connectivity index is 1.94. The standard InChI is InChI=1S/C13H13Cl2N3/c1-8-7-18(9-5-6-9)13(16-8)17-11-4-2-3-10(14)12(11)15/h2-4,7,9H,5-6H2,1H3,(H,16,17). The van der Waals surface area contributed by atoms with Crippen LogP contribution in [0, 0.1) is 6.92 Å². The molecule has 0 aliphatic heterocycles. The van der Waals surface area contributed by atoms with Crippen molar-refractivity contribution in [1.82, 2.24) is 9.55 Å². The summed E-state index contributed by atoms with van der Waals surface area (Å²) >= 11 is 12.2. The van der Waals surface area contributed by atoms with Gasteiger partial charge in [0.05, 0.1) is 21.4 Å². The van der Waals surface area contributed by atoms with Crippen LogP contribution < -0.4 is 5.32 Å². The van der Waals surface area contributed by atoms with Crippen molar-refractivity contribution in [2.75, 3.05) is 5.32 Å². The van der Waals surface area contributed by atoms with E-state index in [4.69, 9.17) is 23.2 Å². The molecule has 0 amide bonds. The maximum Gasteiger partial charge on any atom is 0.207 e. The Bertz CT molecular complexity index is 588. The van der Waals surface area contributed by atoms with Crippen molar-refractivity contribution in [3.63, 3.8) is 0 Å². The molecule has 5 heteroatoms. The lowest BCUT2D eigenvalue weighted by Crippen LogP contribution is -2.01. The highest BCUT2D eigenvalue weighted by Crippen LogP contribution is 2.39. The van der Waals surface area contributed by atoms with E-state index >= 15 is 0 Å². The lowest BCUT2D eigenvalue weighted by Gasteiger charge is -2.10. The van der Waals surface area contributed by atoms with Gasteiger partial charge in [0.15, 0.2) is 0 Å². The number of anilines is 2. The van der Waals surface area contributed by atoms with Gasteiger partial charge in [-0.1, -0.05) is 29.3 Å². The molecule has 1 aliphatic rings. The van der Waals surface area contributed by atoms with Gasteiger partial charge in [0.1, 0.15) is 0 Å². The molecule has 1 N–H and O–H groups in total. The van der Waals surface area contributed by atoms with Crippen LogP contribution in [0.2, 0.25) is 10.0 Å². The van der Waals surface area contributed by atoms with Crippen molar-refractivity contribution in [3.8, 4) is 0 Å². The lowest BCUT2D eigenvalue weighted by molar-refractivity contribution is 0.750. The van der Waals surface area contributed by atoms with E-state index in [1.165, 1.54) is 12.8 Å². The molecule has 1 saturated carbocycles. The number of nitrogens with zero attached hydrogens (tertiary/aromatic N) is 2. The third-order valence-electron chi connectivity index (χ3n) is 2.99. The monoisotopic (exact) mass is 281 g/mol. The van der Waals surface area contributed by atoms with Gasteiger partial charge in [-0.25, -0.2) is 4.98 Å². The Morgan fingerprint density at radius 1 is 1.33 bits per heavy atom. The van der Waals surface area contributed by atoms with Crippen LogP contribution in [0.15, 0.2) is 24.4 Å². The first-order valence-electron chi connectivity index (χ1n) is 5.91. The zero-order valence-corrected chi connectivity index (χ0v) is 11.5. The van der Waals surface area contributed by atoms with Gasteiger partial charge in [0, 0.05) is 12.2 Å². The van der Waals surface area contributed by atoms with E-state index in [0.717, 1.165) is 17.3 Å². The van der Waals surface area contributed by atoms with E-state index in [-0.39, 0.29) is 0 Å². The molecule has 1 aliphatic carbocycles. The fraction of sp³-hybridized carbons (Fsp3) is 0.308. The summed E-state index contributed by atoms with van der Waals surface area (Å²) in [5.41, 5.74) is 1.79. The SMILES string of the molecule is Cc1cn(C2CC2)c(Nc2cccc(Cl)c2Cl)n1. The number of aromatic nitrogens is 2. The number of hydrogen-bond donors (Lipinski definition) is 1. The molecule has 3 nitrogen and oxygen atoms in total. The molecule has 0 atom stereocenters. The first-order valence-corrected chi connectivity index (χ1v) is 6.67. The summed E-state index contributed by atoms with van der Waals surface area (Å²) < 4.78 is 2.17. The first-order chi connectivity index (χ1) is 8.65. The fourth-order valence-electron chi connectivity index (χ4n) is 1.96. The largest absolute Gasteiger partial charge is 0.324 e. The van der Waals surface area contributed by atoms with Crippen molar-refractivity contribution >= 4 is 34.8 Å². The minimum absolute atomic E-state index is 0.530. The Hall–Kier alpha value is -1.19. The summed E-state index contributed by atoms with van der Waals surface area (Å²) in [6.45, 7) is 1.99. The minimum Gasteiger partial charge on any atom is -0.324 e. The topological polar surface area (TPSA) is 29.9 Å². The summed E-state index contributed by atoms with van der Waals surface area (Å²) in [5, 5.41) is 4.33. The van der Waals surface area contributed by atoms with Crippen LogP contribution in [-0.2, 0) is 0 Å². The fourth-order valence-corrected chi connectivity index (χ4v) is 2.31. The molecule has 1 heterocycles. The van der Waals surface area contributed by atoms with E-state index in [1.807, 2.05) is 19.1 Å². The molecule has 0 bridgehead atoms. The number of imidazole rings is 1. The predicted molar refractivity (Wildman–Crippen MR) is 75.0 cm³/mol. The number of halogens is 2. The summed E-state index contributed by atoms with van der Waals surface area (Å²) in [7, 11) is 0. The van der Waals surface area contributed by atoms with Crippen molar-refractivity contribution < 1.29 is 0 Å². The van der Waals surface area contributed by atoms with Crippen LogP contribution in [0.4, 0.5) is 11.6 Å². The normalized spacial score (nSPS) is 14.8. The van der Waals surface area contributed by atoms with E-state index in [2.05, 4.69) is 21.1 Å². The Kier molecular flexibility index (Phi) is 2.96. The van der Waals surface area contributed by atoms with Crippen molar-refractivity contribution in [3.05, 3.63) is 40.1 Å². The van der Waals surface area contributed by atoms with E-state index in [9.17, 15) is 0 Å². The van der Waals surface area contributed by atoms with Crippen molar-refractivity contribution in [2.45, 2.75) is 25.8 Å². The van der Waals surface area contributed by atoms with Crippen LogP contribution >= 0.6 is 23.2 Å². The summed E-state index contributed by atoms with van der Waals surface area (Å²) in [6.07, 6.45) is 4.50. The second-order valence-electron chi connectivity index (χ2n) is 4.57. The molecular formula is C13H13Cl2N3. The number of aryl methyl sites for hydroxylation is 1. The number of nitrogens with one attached hydrogen (secondary N) is 1. The number of rotatable bonds is 3. The molecule has 3 rings (SSSR count). The molecule has 0 saturated heterocycles. The van der Waals surface area contributed by atoms with Gasteiger partial charge in [0.2, 0.25) is 5.95 Å². The quantitative estimate of drug-likeness (QED) is 0.893. The highest BCUT2D eigenvalue weighted by Gasteiger charge is 2.26. The van der Waals surface area contributed by atoms with Crippen molar-refractivity contribution in [2.24, 2.45) is 0 Å². The summed E-state index contributed by atoms with van der Waals surface area (Å²) in [6, 6.07) is 6.11. The van der Waals surface area contributed by atoms with Gasteiger partial charge in [-0.15, -0.1) is 0 Å². The van der Waals surface area contributed by atoms with Crippen molar-refractivity contribution in [1.29, 1.82) is 0 Å². The second-order valence-corrected chi connectivity index (χ2v) is 5.36. The molecule has 94 valence electrons. The Morgan fingerprint density at radius 2 is 2.11 bits per heavy atom. The number of hydrogen-bond acceptors (Lipinski definition) is 2. The first kappa shape index (κ1) is 11.9. The Labute approximate surface area is 116 Å². The number of benzene rings is 1. The summed E-state index contributed by atoms with van der Waals surface area (Å²) in [5.74, 6) is 0.833. The second kappa shape index (κ2) is 4.48. The molecule has 18 heavy (non-hydrogen) atoms. The zero-order chi connectivity index (χ0) is 12.7.